The smallest absolute Gasteiger partial charge is 0.268 e. The maximum absolute atomic E-state index is 11.3. The number of piperidine rings is 1. The molecule has 0 unspecified atom stereocenters. The zero-order valence-electron chi connectivity index (χ0n) is 15.7. The monoisotopic (exact) mass is 398 g/mol. The predicted octanol–water partition coefficient (Wildman–Crippen LogP) is 2.38. The van der Waals surface area contributed by atoms with E-state index in [2.05, 4.69) is 21.6 Å². The average molecular weight is 398 g/mol. The van der Waals surface area contributed by atoms with E-state index in [1.807, 2.05) is 18.1 Å². The van der Waals surface area contributed by atoms with Gasteiger partial charge in [-0.3, -0.25) is 14.3 Å². The van der Waals surface area contributed by atoms with Gasteiger partial charge in [0.05, 0.1) is 16.4 Å². The number of amides is 2. The number of thiazole rings is 1. The zero-order chi connectivity index (χ0) is 20.1. The first-order valence-electron chi connectivity index (χ1n) is 8.95. The van der Waals surface area contributed by atoms with Gasteiger partial charge in [0.2, 0.25) is 5.91 Å². The lowest BCUT2D eigenvalue weighted by atomic mass is 10.1. The Labute approximate surface area is 166 Å². The lowest BCUT2D eigenvalue weighted by Gasteiger charge is -2.25. The Morgan fingerprint density at radius 3 is 2.64 bits per heavy atom. The zero-order valence-corrected chi connectivity index (χ0v) is 16.5. The molecule has 28 heavy (non-hydrogen) atoms. The van der Waals surface area contributed by atoms with Crippen LogP contribution in [-0.2, 0) is 11.8 Å². The normalized spacial score (nSPS) is 13.7. The second-order valence-electron chi connectivity index (χ2n) is 6.38. The number of carbonyl (C=O) groups excluding carboxylic acids is 2. The molecule has 2 N–H and O–H groups in total. The number of pyridine rings is 1. The quantitative estimate of drug-likeness (QED) is 0.682. The SMILES string of the molecule is C=CC(=O)N1CCCCC1.Cn1cc(-c2nc3ccnc(C(N)=O)c3s2)cn1. The molecule has 3 aromatic heterocycles. The van der Waals surface area contributed by atoms with Crippen molar-refractivity contribution in [1.29, 1.82) is 0 Å². The Hall–Kier alpha value is -3.07. The number of hydrogen-bond donors (Lipinski definition) is 1. The highest BCUT2D eigenvalue weighted by Gasteiger charge is 2.14. The Morgan fingerprint density at radius 2 is 2.04 bits per heavy atom. The molecule has 1 saturated heterocycles. The minimum atomic E-state index is -0.540. The van der Waals surface area contributed by atoms with Crippen molar-refractivity contribution in [2.24, 2.45) is 12.8 Å². The molecule has 8 nitrogen and oxygen atoms in total. The van der Waals surface area contributed by atoms with Crippen LogP contribution in [0.3, 0.4) is 0 Å². The van der Waals surface area contributed by atoms with E-state index in [0.717, 1.165) is 42.0 Å². The second kappa shape index (κ2) is 8.75. The molecule has 0 aromatic carbocycles. The van der Waals surface area contributed by atoms with Crippen LogP contribution >= 0.6 is 11.3 Å². The molecule has 1 fully saturated rings. The Kier molecular flexibility index (Phi) is 6.15. The highest BCUT2D eigenvalue weighted by Crippen LogP contribution is 2.30. The van der Waals surface area contributed by atoms with Crippen LogP contribution in [0.4, 0.5) is 0 Å². The van der Waals surface area contributed by atoms with Gasteiger partial charge in [0.1, 0.15) is 10.7 Å². The summed E-state index contributed by atoms with van der Waals surface area (Å²) < 4.78 is 2.41. The van der Waals surface area contributed by atoms with Crippen LogP contribution in [0.1, 0.15) is 29.8 Å². The molecule has 4 rings (SSSR count). The molecule has 0 atom stereocenters. The van der Waals surface area contributed by atoms with Gasteiger partial charge in [-0.25, -0.2) is 9.97 Å². The van der Waals surface area contributed by atoms with Gasteiger partial charge in [-0.2, -0.15) is 5.10 Å². The maximum atomic E-state index is 11.3. The molecular weight excluding hydrogens is 376 g/mol. The third-order valence-electron chi connectivity index (χ3n) is 4.33. The van der Waals surface area contributed by atoms with Crippen molar-refractivity contribution >= 4 is 33.4 Å². The number of carbonyl (C=O) groups is 2. The fourth-order valence-electron chi connectivity index (χ4n) is 2.93. The number of nitrogens with zero attached hydrogens (tertiary/aromatic N) is 5. The Morgan fingerprint density at radius 1 is 1.29 bits per heavy atom. The number of rotatable bonds is 3. The Bertz CT molecular complexity index is 1000. The van der Waals surface area contributed by atoms with Gasteiger partial charge >= 0.3 is 0 Å². The summed E-state index contributed by atoms with van der Waals surface area (Å²) in [5.74, 6) is -0.457. The molecule has 3 aromatic rings. The molecule has 0 radical (unpaired) electrons. The van der Waals surface area contributed by atoms with Gasteiger partial charge < -0.3 is 10.6 Å². The third kappa shape index (κ3) is 4.42. The first kappa shape index (κ1) is 19.7. The predicted molar refractivity (Wildman–Crippen MR) is 109 cm³/mol. The third-order valence-corrected chi connectivity index (χ3v) is 5.46. The molecule has 0 saturated carbocycles. The molecule has 1 aliphatic heterocycles. The summed E-state index contributed by atoms with van der Waals surface area (Å²) >= 11 is 1.39. The highest BCUT2D eigenvalue weighted by atomic mass is 32.1. The number of fused-ring (bicyclic) bond motifs is 1. The summed E-state index contributed by atoms with van der Waals surface area (Å²) in [4.78, 5) is 32.6. The van der Waals surface area contributed by atoms with Crippen molar-refractivity contribution in [3.63, 3.8) is 0 Å². The number of hydrogen-bond acceptors (Lipinski definition) is 6. The van der Waals surface area contributed by atoms with Crippen LogP contribution in [0.5, 0.6) is 0 Å². The second-order valence-corrected chi connectivity index (χ2v) is 7.38. The van der Waals surface area contributed by atoms with E-state index in [-0.39, 0.29) is 11.6 Å². The molecule has 1 aliphatic rings. The largest absolute Gasteiger partial charge is 0.364 e. The van der Waals surface area contributed by atoms with Crippen molar-refractivity contribution in [2.45, 2.75) is 19.3 Å². The highest BCUT2D eigenvalue weighted by molar-refractivity contribution is 7.22. The van der Waals surface area contributed by atoms with Crippen LogP contribution in [0, 0.1) is 0 Å². The van der Waals surface area contributed by atoms with Gasteiger partial charge in [-0.1, -0.05) is 6.58 Å². The number of aryl methyl sites for hydroxylation is 1. The first-order valence-corrected chi connectivity index (χ1v) is 9.77. The van der Waals surface area contributed by atoms with E-state index < -0.39 is 5.91 Å². The molecule has 0 spiro atoms. The number of aromatic nitrogens is 4. The first-order chi connectivity index (χ1) is 13.5. The molecule has 2 amide bonds. The van der Waals surface area contributed by atoms with E-state index in [0.29, 0.717) is 4.70 Å². The fourth-order valence-corrected chi connectivity index (χ4v) is 3.96. The Balaban J connectivity index is 0.000000192. The topological polar surface area (TPSA) is 107 Å². The molecule has 0 bridgehead atoms. The van der Waals surface area contributed by atoms with Crippen LogP contribution in [0.25, 0.3) is 20.8 Å². The molecule has 9 heteroatoms. The number of likely N-dealkylation sites (tertiary alicyclic amines) is 1. The summed E-state index contributed by atoms with van der Waals surface area (Å²) in [7, 11) is 1.84. The summed E-state index contributed by atoms with van der Waals surface area (Å²) in [6.07, 6.45) is 10.1. The van der Waals surface area contributed by atoms with E-state index in [4.69, 9.17) is 5.73 Å². The fraction of sp³-hybridized carbons (Fsp3) is 0.316. The molecule has 4 heterocycles. The lowest BCUT2D eigenvalue weighted by molar-refractivity contribution is -0.126. The minimum Gasteiger partial charge on any atom is -0.364 e. The number of nitrogens with two attached hydrogens (primary N) is 1. The van der Waals surface area contributed by atoms with E-state index in [9.17, 15) is 9.59 Å². The van der Waals surface area contributed by atoms with Gasteiger partial charge in [0.15, 0.2) is 0 Å². The van der Waals surface area contributed by atoms with Gasteiger partial charge in [0, 0.05) is 38.1 Å². The van der Waals surface area contributed by atoms with Gasteiger partial charge in [0.25, 0.3) is 5.91 Å². The van der Waals surface area contributed by atoms with Crippen LogP contribution in [0.2, 0.25) is 0 Å². The van der Waals surface area contributed by atoms with Crippen molar-refractivity contribution in [3.8, 4) is 10.6 Å². The van der Waals surface area contributed by atoms with Gasteiger partial charge in [-0.15, -0.1) is 11.3 Å². The number of primary amides is 1. The van der Waals surface area contributed by atoms with Crippen molar-refractivity contribution < 1.29 is 9.59 Å². The van der Waals surface area contributed by atoms with E-state index >= 15 is 0 Å². The summed E-state index contributed by atoms with van der Waals surface area (Å²) in [6, 6.07) is 1.76. The summed E-state index contributed by atoms with van der Waals surface area (Å²) in [5.41, 5.74) is 7.19. The summed E-state index contributed by atoms with van der Waals surface area (Å²) in [6.45, 7) is 5.29. The average Bonchev–Trinajstić information content (AvgIpc) is 3.34. The standard InChI is InChI=1S/C11H9N5OS.C8H13NO/c1-16-5-6(4-14-16)11-15-7-2-3-13-8(10(12)17)9(7)18-11;1-2-8(10)9-6-4-3-5-7-9/h2-5H,1H3,(H2,12,17);2H,1,3-7H2. The van der Waals surface area contributed by atoms with Crippen LogP contribution < -0.4 is 5.73 Å². The molecular formula is C19H22N6O2S. The van der Waals surface area contributed by atoms with Gasteiger partial charge in [-0.05, 0) is 31.4 Å². The minimum absolute atomic E-state index is 0.0831. The van der Waals surface area contributed by atoms with Crippen molar-refractivity contribution in [1.82, 2.24) is 24.6 Å². The van der Waals surface area contributed by atoms with Crippen LogP contribution in [0.15, 0.2) is 37.3 Å². The molecule has 0 aliphatic carbocycles. The van der Waals surface area contributed by atoms with Crippen LogP contribution in [-0.4, -0.2) is 49.6 Å². The van der Waals surface area contributed by atoms with E-state index in [1.54, 1.807) is 16.9 Å². The van der Waals surface area contributed by atoms with E-state index in [1.165, 1.54) is 30.0 Å². The summed E-state index contributed by atoms with van der Waals surface area (Å²) in [5, 5.41) is 4.90. The van der Waals surface area contributed by atoms with Crippen molar-refractivity contribution in [3.05, 3.63) is 43.0 Å². The lowest BCUT2D eigenvalue weighted by Crippen LogP contribution is -2.34. The van der Waals surface area contributed by atoms with Crippen molar-refractivity contribution in [2.75, 3.05) is 13.1 Å². The molecule has 146 valence electrons. The maximum Gasteiger partial charge on any atom is 0.268 e.